The van der Waals surface area contributed by atoms with Crippen molar-refractivity contribution in [3.05, 3.63) is 5.01 Å². The number of hydrogen-bond donors (Lipinski definition) is 1. The number of nitrogens with zero attached hydrogens (tertiary/aromatic N) is 3. The zero-order valence-electron chi connectivity index (χ0n) is 12.1. The Bertz CT molecular complexity index is 545. The minimum absolute atomic E-state index is 0.0102. The van der Waals surface area contributed by atoms with Crippen molar-refractivity contribution in [2.45, 2.75) is 38.3 Å². The van der Waals surface area contributed by atoms with Crippen LogP contribution in [0.25, 0.3) is 0 Å². The van der Waals surface area contributed by atoms with E-state index in [1.165, 1.54) is 0 Å². The maximum atomic E-state index is 12.5. The van der Waals surface area contributed by atoms with Crippen molar-refractivity contribution in [1.82, 2.24) is 15.5 Å². The molecule has 0 aromatic carbocycles. The monoisotopic (exact) mass is 308 g/mol. The van der Waals surface area contributed by atoms with Crippen LogP contribution in [0.1, 0.15) is 24.3 Å². The SMILES string of the molecule is Cc1nnc(N2C[C@H](C(=O)NC3CC3)[C@@H]3CCO[C@@H]3C2)s1. The van der Waals surface area contributed by atoms with Crippen LogP contribution in [0.15, 0.2) is 0 Å². The Labute approximate surface area is 127 Å². The number of aryl methyl sites for hydroxylation is 1. The number of piperidine rings is 1. The summed E-state index contributed by atoms with van der Waals surface area (Å²) in [7, 11) is 0. The molecule has 1 saturated carbocycles. The number of ether oxygens (including phenoxy) is 1. The first-order chi connectivity index (χ1) is 10.2. The maximum Gasteiger partial charge on any atom is 0.225 e. The molecule has 1 N–H and O–H groups in total. The lowest BCUT2D eigenvalue weighted by molar-refractivity contribution is -0.128. The summed E-state index contributed by atoms with van der Waals surface area (Å²) in [6.45, 7) is 4.28. The quantitative estimate of drug-likeness (QED) is 0.901. The van der Waals surface area contributed by atoms with E-state index in [1.807, 2.05) is 6.92 Å². The molecule has 1 aromatic heterocycles. The Kier molecular flexibility index (Phi) is 3.34. The van der Waals surface area contributed by atoms with Gasteiger partial charge >= 0.3 is 0 Å². The van der Waals surface area contributed by atoms with Crippen LogP contribution in [-0.2, 0) is 9.53 Å². The summed E-state index contributed by atoms with van der Waals surface area (Å²) in [6, 6.07) is 0.414. The highest BCUT2D eigenvalue weighted by Gasteiger charge is 2.45. The number of carbonyl (C=O) groups excluding carboxylic acids is 1. The number of anilines is 1. The average molecular weight is 308 g/mol. The second-order valence-electron chi connectivity index (χ2n) is 6.26. The lowest BCUT2D eigenvalue weighted by Gasteiger charge is -2.39. The summed E-state index contributed by atoms with van der Waals surface area (Å²) in [6.07, 6.45) is 3.40. The van der Waals surface area contributed by atoms with E-state index in [1.54, 1.807) is 11.3 Å². The fourth-order valence-corrected chi connectivity index (χ4v) is 4.07. The lowest BCUT2D eigenvalue weighted by atomic mass is 9.82. The predicted octanol–water partition coefficient (Wildman–Crippen LogP) is 0.966. The number of carbonyl (C=O) groups is 1. The van der Waals surface area contributed by atoms with Gasteiger partial charge < -0.3 is 15.0 Å². The average Bonchev–Trinajstić information content (AvgIpc) is 2.99. The molecule has 1 amide bonds. The fraction of sp³-hybridized carbons (Fsp3) is 0.786. The van der Waals surface area contributed by atoms with E-state index in [-0.39, 0.29) is 17.9 Å². The number of rotatable bonds is 3. The molecule has 0 radical (unpaired) electrons. The first kappa shape index (κ1) is 13.5. The minimum Gasteiger partial charge on any atom is -0.376 e. The summed E-state index contributed by atoms with van der Waals surface area (Å²) in [5, 5.41) is 13.3. The Morgan fingerprint density at radius 2 is 2.19 bits per heavy atom. The van der Waals surface area contributed by atoms with Crippen LogP contribution in [0.3, 0.4) is 0 Å². The van der Waals surface area contributed by atoms with Crippen LogP contribution in [-0.4, -0.2) is 47.9 Å². The number of amides is 1. The van der Waals surface area contributed by atoms with Gasteiger partial charge in [0.05, 0.1) is 12.0 Å². The van der Waals surface area contributed by atoms with Gasteiger partial charge in [0.2, 0.25) is 11.0 Å². The smallest absolute Gasteiger partial charge is 0.225 e. The third kappa shape index (κ3) is 2.64. The molecule has 3 fully saturated rings. The summed E-state index contributed by atoms with van der Waals surface area (Å²) < 4.78 is 5.85. The van der Waals surface area contributed by atoms with Gasteiger partial charge in [0.1, 0.15) is 5.01 Å². The van der Waals surface area contributed by atoms with E-state index >= 15 is 0 Å². The van der Waals surface area contributed by atoms with Crippen molar-refractivity contribution < 1.29 is 9.53 Å². The molecule has 4 rings (SSSR count). The van der Waals surface area contributed by atoms with Crippen LogP contribution >= 0.6 is 11.3 Å². The van der Waals surface area contributed by atoms with Gasteiger partial charge in [-0.2, -0.15) is 0 Å². The van der Waals surface area contributed by atoms with Gasteiger partial charge in [-0.3, -0.25) is 4.79 Å². The van der Waals surface area contributed by atoms with E-state index in [0.717, 1.165) is 49.1 Å². The Morgan fingerprint density at radius 1 is 1.33 bits per heavy atom. The van der Waals surface area contributed by atoms with E-state index in [4.69, 9.17) is 4.74 Å². The van der Waals surface area contributed by atoms with Gasteiger partial charge in [0, 0.05) is 31.7 Å². The summed E-state index contributed by atoms with van der Waals surface area (Å²) in [4.78, 5) is 14.7. The maximum absolute atomic E-state index is 12.5. The van der Waals surface area contributed by atoms with E-state index < -0.39 is 0 Å². The van der Waals surface area contributed by atoms with Gasteiger partial charge in [-0.1, -0.05) is 11.3 Å². The minimum atomic E-state index is 0.0102. The summed E-state index contributed by atoms with van der Waals surface area (Å²) in [5.41, 5.74) is 0. The number of fused-ring (bicyclic) bond motifs is 1. The molecule has 2 saturated heterocycles. The Hall–Kier alpha value is -1.21. The summed E-state index contributed by atoms with van der Waals surface area (Å²) >= 11 is 1.58. The number of nitrogens with one attached hydrogen (secondary N) is 1. The van der Waals surface area contributed by atoms with Crippen molar-refractivity contribution in [3.8, 4) is 0 Å². The first-order valence-corrected chi connectivity index (χ1v) is 8.49. The van der Waals surface area contributed by atoms with Gasteiger partial charge in [-0.25, -0.2) is 0 Å². The largest absolute Gasteiger partial charge is 0.376 e. The van der Waals surface area contributed by atoms with Crippen molar-refractivity contribution in [3.63, 3.8) is 0 Å². The van der Waals surface area contributed by atoms with E-state index in [2.05, 4.69) is 20.4 Å². The molecule has 0 bridgehead atoms. The normalized spacial score (nSPS) is 32.0. The van der Waals surface area contributed by atoms with Gasteiger partial charge in [-0.15, -0.1) is 10.2 Å². The standard InChI is InChI=1S/C14H20N4O2S/c1-8-16-17-14(21-8)18-6-11(13(19)15-9-2-3-9)10-4-5-20-12(10)7-18/h9-12H,2-7H2,1H3,(H,15,19)/t10-,11-,12+/m0/s1. The second-order valence-corrected chi connectivity index (χ2v) is 7.42. The molecule has 3 atom stereocenters. The van der Waals surface area contributed by atoms with Gasteiger partial charge in [0.25, 0.3) is 0 Å². The van der Waals surface area contributed by atoms with Crippen LogP contribution in [0.4, 0.5) is 5.13 Å². The molecule has 6 nitrogen and oxygen atoms in total. The number of aromatic nitrogens is 2. The molecule has 2 aliphatic heterocycles. The molecule has 21 heavy (non-hydrogen) atoms. The third-order valence-electron chi connectivity index (χ3n) is 4.64. The van der Waals surface area contributed by atoms with Crippen molar-refractivity contribution >= 4 is 22.4 Å². The molecule has 3 aliphatic rings. The molecule has 1 aliphatic carbocycles. The molecule has 3 heterocycles. The number of hydrogen-bond acceptors (Lipinski definition) is 6. The second kappa shape index (κ2) is 5.21. The van der Waals surface area contributed by atoms with Crippen LogP contribution in [0, 0.1) is 18.8 Å². The molecule has 0 spiro atoms. The van der Waals surface area contributed by atoms with Crippen LogP contribution in [0.2, 0.25) is 0 Å². The fourth-order valence-electron chi connectivity index (χ4n) is 3.36. The summed E-state index contributed by atoms with van der Waals surface area (Å²) in [5.74, 6) is 0.564. The highest BCUT2D eigenvalue weighted by atomic mass is 32.1. The molecule has 114 valence electrons. The molecule has 1 aromatic rings. The molecule has 7 heteroatoms. The van der Waals surface area contributed by atoms with Gasteiger partial charge in [-0.05, 0) is 26.2 Å². The molecular formula is C14H20N4O2S. The van der Waals surface area contributed by atoms with Gasteiger partial charge in [0.15, 0.2) is 0 Å². The highest BCUT2D eigenvalue weighted by molar-refractivity contribution is 7.15. The molecule has 0 unspecified atom stereocenters. The van der Waals surface area contributed by atoms with Crippen LogP contribution < -0.4 is 10.2 Å². The van der Waals surface area contributed by atoms with Crippen LogP contribution in [0.5, 0.6) is 0 Å². The Balaban J connectivity index is 1.53. The van der Waals surface area contributed by atoms with Crippen molar-refractivity contribution in [2.24, 2.45) is 11.8 Å². The van der Waals surface area contributed by atoms with E-state index in [9.17, 15) is 4.79 Å². The zero-order chi connectivity index (χ0) is 14.4. The highest BCUT2D eigenvalue weighted by Crippen LogP contribution is 2.37. The molecular weight excluding hydrogens is 288 g/mol. The third-order valence-corrected chi connectivity index (χ3v) is 5.54. The first-order valence-electron chi connectivity index (χ1n) is 7.68. The zero-order valence-corrected chi connectivity index (χ0v) is 12.9. The van der Waals surface area contributed by atoms with Crippen molar-refractivity contribution in [2.75, 3.05) is 24.6 Å². The van der Waals surface area contributed by atoms with E-state index in [0.29, 0.717) is 12.0 Å². The van der Waals surface area contributed by atoms with Crippen molar-refractivity contribution in [1.29, 1.82) is 0 Å². The predicted molar refractivity (Wildman–Crippen MR) is 79.4 cm³/mol. The topological polar surface area (TPSA) is 67.4 Å². The lowest BCUT2D eigenvalue weighted by Crippen LogP contribution is -2.53. The Morgan fingerprint density at radius 3 is 2.90 bits per heavy atom.